The van der Waals surface area contributed by atoms with Gasteiger partial charge < -0.3 is 16.0 Å². The van der Waals surface area contributed by atoms with Gasteiger partial charge in [-0.15, -0.1) is 0 Å². The third kappa shape index (κ3) is 7.46. The predicted octanol–water partition coefficient (Wildman–Crippen LogP) is 1.47. The van der Waals surface area contributed by atoms with Gasteiger partial charge in [0.1, 0.15) is 0 Å². The van der Waals surface area contributed by atoms with Crippen LogP contribution in [0.3, 0.4) is 0 Å². The summed E-state index contributed by atoms with van der Waals surface area (Å²) in [5.74, 6) is 0.228. The summed E-state index contributed by atoms with van der Waals surface area (Å²) in [6.45, 7) is 1.08. The minimum atomic E-state index is 0.0873. The Kier molecular flexibility index (Phi) is 7.00. The van der Waals surface area contributed by atoms with Crippen LogP contribution in [-0.4, -0.2) is 37.0 Å². The van der Waals surface area contributed by atoms with Crippen molar-refractivity contribution in [2.24, 2.45) is 0 Å². The highest BCUT2D eigenvalue weighted by Gasteiger charge is 2.22. The molecule has 5 heteroatoms. The van der Waals surface area contributed by atoms with E-state index in [0.29, 0.717) is 25.0 Å². The summed E-state index contributed by atoms with van der Waals surface area (Å²) in [5.41, 5.74) is 0. The molecule has 2 rings (SSSR count). The lowest BCUT2D eigenvalue weighted by atomic mass is 10.1. The molecule has 0 unspecified atom stereocenters. The van der Waals surface area contributed by atoms with E-state index in [4.69, 9.17) is 0 Å². The van der Waals surface area contributed by atoms with E-state index in [0.717, 1.165) is 38.6 Å². The van der Waals surface area contributed by atoms with Gasteiger partial charge in [0, 0.05) is 18.5 Å². The van der Waals surface area contributed by atoms with Crippen LogP contribution in [0, 0.1) is 0 Å². The van der Waals surface area contributed by atoms with E-state index in [1.807, 2.05) is 0 Å². The van der Waals surface area contributed by atoms with Crippen LogP contribution in [-0.2, 0) is 9.59 Å². The fraction of sp³-hybridized carbons (Fsp3) is 0.875. The van der Waals surface area contributed by atoms with Crippen LogP contribution in [0.4, 0.5) is 0 Å². The van der Waals surface area contributed by atoms with Crippen molar-refractivity contribution in [2.45, 2.75) is 76.3 Å². The Bertz CT molecular complexity index is 334. The molecule has 0 spiro atoms. The third-order valence-electron chi connectivity index (χ3n) is 4.21. The molecule has 2 aliphatic rings. The normalized spacial score (nSPS) is 19.8. The molecule has 0 aromatic carbocycles. The zero-order chi connectivity index (χ0) is 14.9. The molecule has 2 fully saturated rings. The molecule has 0 aromatic heterocycles. The zero-order valence-corrected chi connectivity index (χ0v) is 13.0. The number of hydrogen-bond donors (Lipinski definition) is 3. The van der Waals surface area contributed by atoms with E-state index >= 15 is 0 Å². The molecule has 0 saturated heterocycles. The molecule has 0 atom stereocenters. The van der Waals surface area contributed by atoms with Crippen LogP contribution in [0.15, 0.2) is 0 Å². The molecule has 3 N–H and O–H groups in total. The second-order valence-electron chi connectivity index (χ2n) is 6.38. The van der Waals surface area contributed by atoms with Gasteiger partial charge in [-0.2, -0.15) is 0 Å². The number of nitrogens with one attached hydrogen (secondary N) is 3. The molecule has 0 aromatic rings. The van der Waals surface area contributed by atoms with Crippen molar-refractivity contribution in [1.29, 1.82) is 0 Å². The van der Waals surface area contributed by atoms with E-state index in [1.165, 1.54) is 25.7 Å². The molecule has 2 aliphatic carbocycles. The molecule has 0 radical (unpaired) electrons. The lowest BCUT2D eigenvalue weighted by Gasteiger charge is -2.16. The fourth-order valence-electron chi connectivity index (χ4n) is 2.81. The van der Waals surface area contributed by atoms with Crippen LogP contribution < -0.4 is 16.0 Å². The van der Waals surface area contributed by atoms with Gasteiger partial charge in [0.25, 0.3) is 0 Å². The van der Waals surface area contributed by atoms with Crippen LogP contribution in [0.1, 0.15) is 64.2 Å². The maximum atomic E-state index is 11.8. The molecule has 21 heavy (non-hydrogen) atoms. The fourth-order valence-corrected chi connectivity index (χ4v) is 2.81. The van der Waals surface area contributed by atoms with Crippen molar-refractivity contribution in [1.82, 2.24) is 16.0 Å². The van der Waals surface area contributed by atoms with Gasteiger partial charge in [-0.3, -0.25) is 9.59 Å². The highest BCUT2D eigenvalue weighted by Crippen LogP contribution is 2.18. The monoisotopic (exact) mass is 295 g/mol. The van der Waals surface area contributed by atoms with Crippen molar-refractivity contribution in [3.63, 3.8) is 0 Å². The number of carbonyl (C=O) groups is 2. The van der Waals surface area contributed by atoms with Crippen LogP contribution in [0.25, 0.3) is 0 Å². The first-order chi connectivity index (χ1) is 10.2. The number of hydrogen-bond acceptors (Lipinski definition) is 3. The molecule has 120 valence electrons. The quantitative estimate of drug-likeness (QED) is 0.469. The standard InChI is InChI=1S/C16H29N3O2/c20-15(18-14-9-10-14)8-5-11-17-12-16(21)19-13-6-3-1-2-4-7-13/h13-14,17H,1-12H2,(H,18,20)(H,19,21). The van der Waals surface area contributed by atoms with Crippen molar-refractivity contribution in [3.8, 4) is 0 Å². The lowest BCUT2D eigenvalue weighted by molar-refractivity contribution is -0.121. The van der Waals surface area contributed by atoms with Crippen molar-refractivity contribution >= 4 is 11.8 Å². The highest BCUT2D eigenvalue weighted by atomic mass is 16.2. The number of rotatable bonds is 8. The van der Waals surface area contributed by atoms with Crippen LogP contribution in [0.2, 0.25) is 0 Å². The van der Waals surface area contributed by atoms with E-state index < -0.39 is 0 Å². The maximum absolute atomic E-state index is 11.8. The summed E-state index contributed by atoms with van der Waals surface area (Å²) in [4.78, 5) is 23.3. The van der Waals surface area contributed by atoms with E-state index in [9.17, 15) is 9.59 Å². The Morgan fingerprint density at radius 2 is 1.43 bits per heavy atom. The Morgan fingerprint density at radius 3 is 2.10 bits per heavy atom. The van der Waals surface area contributed by atoms with Gasteiger partial charge in [-0.1, -0.05) is 25.7 Å². The molecular formula is C16H29N3O2. The number of amides is 2. The summed E-state index contributed by atoms with van der Waals surface area (Å²) in [5, 5.41) is 9.20. The van der Waals surface area contributed by atoms with Gasteiger partial charge >= 0.3 is 0 Å². The molecule has 0 aliphatic heterocycles. The van der Waals surface area contributed by atoms with Crippen molar-refractivity contribution in [3.05, 3.63) is 0 Å². The van der Waals surface area contributed by atoms with Gasteiger partial charge in [-0.25, -0.2) is 0 Å². The third-order valence-corrected chi connectivity index (χ3v) is 4.21. The minimum Gasteiger partial charge on any atom is -0.353 e. The second-order valence-corrected chi connectivity index (χ2v) is 6.38. The summed E-state index contributed by atoms with van der Waals surface area (Å²) in [7, 11) is 0. The summed E-state index contributed by atoms with van der Waals surface area (Å²) in [6, 6.07) is 0.807. The Hall–Kier alpha value is -1.10. The first kappa shape index (κ1) is 16.3. The van der Waals surface area contributed by atoms with E-state index in [-0.39, 0.29) is 11.8 Å². The molecule has 0 heterocycles. The summed E-state index contributed by atoms with van der Waals surface area (Å²) in [6.07, 6.45) is 10.9. The van der Waals surface area contributed by atoms with Gasteiger partial charge in [0.2, 0.25) is 11.8 Å². The summed E-state index contributed by atoms with van der Waals surface area (Å²) >= 11 is 0. The molecule has 2 saturated carbocycles. The van der Waals surface area contributed by atoms with E-state index in [2.05, 4.69) is 16.0 Å². The highest BCUT2D eigenvalue weighted by molar-refractivity contribution is 5.78. The van der Waals surface area contributed by atoms with Gasteiger partial charge in [0.15, 0.2) is 0 Å². The zero-order valence-electron chi connectivity index (χ0n) is 13.0. The lowest BCUT2D eigenvalue weighted by Crippen LogP contribution is -2.40. The SMILES string of the molecule is O=C(CCCNCC(=O)NC1CCCCCC1)NC1CC1. The first-order valence-electron chi connectivity index (χ1n) is 8.53. The molecular weight excluding hydrogens is 266 g/mol. The first-order valence-corrected chi connectivity index (χ1v) is 8.53. The second kappa shape index (κ2) is 9.03. The Labute approximate surface area is 127 Å². The average Bonchev–Trinajstić information content (AvgIpc) is 3.26. The Balaban J connectivity index is 1.45. The van der Waals surface area contributed by atoms with Crippen molar-refractivity contribution < 1.29 is 9.59 Å². The number of carbonyl (C=O) groups excluding carboxylic acids is 2. The van der Waals surface area contributed by atoms with Gasteiger partial charge in [0.05, 0.1) is 6.54 Å². The smallest absolute Gasteiger partial charge is 0.234 e. The van der Waals surface area contributed by atoms with E-state index in [1.54, 1.807) is 0 Å². The largest absolute Gasteiger partial charge is 0.353 e. The minimum absolute atomic E-state index is 0.0873. The average molecular weight is 295 g/mol. The molecule has 2 amide bonds. The van der Waals surface area contributed by atoms with Gasteiger partial charge in [-0.05, 0) is 38.6 Å². The summed E-state index contributed by atoms with van der Waals surface area (Å²) < 4.78 is 0. The van der Waals surface area contributed by atoms with Crippen LogP contribution >= 0.6 is 0 Å². The molecule has 0 bridgehead atoms. The predicted molar refractivity (Wildman–Crippen MR) is 82.9 cm³/mol. The maximum Gasteiger partial charge on any atom is 0.234 e. The topological polar surface area (TPSA) is 70.2 Å². The van der Waals surface area contributed by atoms with Crippen molar-refractivity contribution in [2.75, 3.05) is 13.1 Å². The Morgan fingerprint density at radius 1 is 0.810 bits per heavy atom. The molecule has 5 nitrogen and oxygen atoms in total. The van der Waals surface area contributed by atoms with Crippen LogP contribution in [0.5, 0.6) is 0 Å².